The van der Waals surface area contributed by atoms with Crippen molar-refractivity contribution in [3.8, 4) is 0 Å². The number of nitrogens with zero attached hydrogens (tertiary/aromatic N) is 3. The fourth-order valence-corrected chi connectivity index (χ4v) is 4.06. The van der Waals surface area contributed by atoms with Crippen LogP contribution in [0.3, 0.4) is 0 Å². The molecule has 3 aromatic rings. The largest absolute Gasteiger partial charge is 0.461 e. The number of halogens is 1. The molecule has 4 rings (SSSR count). The molecule has 2 amide bonds. The number of fused-ring (bicyclic) bond motifs is 1. The molecule has 0 fully saturated rings. The van der Waals surface area contributed by atoms with Crippen molar-refractivity contribution in [2.45, 2.75) is 39.0 Å². The van der Waals surface area contributed by atoms with Gasteiger partial charge in [-0.15, -0.1) is 0 Å². The summed E-state index contributed by atoms with van der Waals surface area (Å²) in [5, 5.41) is 7.79. The predicted octanol–water partition coefficient (Wildman–Crippen LogP) is 3.44. The van der Waals surface area contributed by atoms with E-state index in [-0.39, 0.29) is 37.0 Å². The minimum absolute atomic E-state index is 0.0330. The number of aromatic nitrogens is 2. The molecule has 1 aromatic heterocycles. The number of amides is 2. The van der Waals surface area contributed by atoms with E-state index in [1.165, 1.54) is 15.6 Å². The van der Waals surface area contributed by atoms with Crippen molar-refractivity contribution in [1.29, 1.82) is 0 Å². The van der Waals surface area contributed by atoms with Gasteiger partial charge in [0.2, 0.25) is 5.91 Å². The lowest BCUT2D eigenvalue weighted by Crippen LogP contribution is -2.63. The summed E-state index contributed by atoms with van der Waals surface area (Å²) in [4.78, 5) is 40.8. The SMILES string of the molecule is CCOC(=O)c1cc2n(n1)CC(C)(C(=O)NCc1ccccc1)N(Cc1ccc(Cl)cc1)C2=O. The smallest absolute Gasteiger partial charge is 0.358 e. The zero-order valence-corrected chi connectivity index (χ0v) is 19.7. The second-order valence-electron chi connectivity index (χ2n) is 8.25. The Labute approximate surface area is 202 Å². The number of hydrogen-bond acceptors (Lipinski definition) is 5. The Balaban J connectivity index is 1.67. The van der Waals surface area contributed by atoms with E-state index < -0.39 is 17.4 Å². The van der Waals surface area contributed by atoms with Crippen LogP contribution in [0.4, 0.5) is 0 Å². The maximum atomic E-state index is 13.6. The molecule has 0 spiro atoms. The van der Waals surface area contributed by atoms with Crippen LogP contribution in [0.2, 0.25) is 5.02 Å². The number of hydrogen-bond donors (Lipinski definition) is 1. The summed E-state index contributed by atoms with van der Waals surface area (Å²) < 4.78 is 6.44. The van der Waals surface area contributed by atoms with Crippen LogP contribution in [0.1, 0.15) is 46.0 Å². The van der Waals surface area contributed by atoms with Crippen LogP contribution in [0.15, 0.2) is 60.7 Å². The fraction of sp³-hybridized carbons (Fsp3) is 0.280. The summed E-state index contributed by atoms with van der Waals surface area (Å²) in [6.07, 6.45) is 0. The highest BCUT2D eigenvalue weighted by Gasteiger charge is 2.48. The van der Waals surface area contributed by atoms with Crippen LogP contribution >= 0.6 is 11.6 Å². The molecule has 34 heavy (non-hydrogen) atoms. The Morgan fingerprint density at radius 2 is 1.82 bits per heavy atom. The number of rotatable bonds is 7. The molecule has 0 radical (unpaired) electrons. The van der Waals surface area contributed by atoms with Crippen LogP contribution in [0, 0.1) is 0 Å². The van der Waals surface area contributed by atoms with Gasteiger partial charge >= 0.3 is 5.97 Å². The third kappa shape index (κ3) is 4.68. The van der Waals surface area contributed by atoms with Gasteiger partial charge in [-0.3, -0.25) is 14.3 Å². The quantitative estimate of drug-likeness (QED) is 0.523. The van der Waals surface area contributed by atoms with Gasteiger partial charge in [0.1, 0.15) is 11.2 Å². The predicted molar refractivity (Wildman–Crippen MR) is 126 cm³/mol. The number of benzene rings is 2. The van der Waals surface area contributed by atoms with Gasteiger partial charge in [0.05, 0.1) is 13.2 Å². The highest BCUT2D eigenvalue weighted by molar-refractivity contribution is 6.30. The van der Waals surface area contributed by atoms with E-state index in [0.717, 1.165) is 11.1 Å². The van der Waals surface area contributed by atoms with Crippen molar-refractivity contribution in [3.05, 3.63) is 88.2 Å². The van der Waals surface area contributed by atoms with Crippen LogP contribution < -0.4 is 5.32 Å². The van der Waals surface area contributed by atoms with Crippen LogP contribution in [-0.2, 0) is 29.2 Å². The molecule has 8 nitrogen and oxygen atoms in total. The summed E-state index contributed by atoms with van der Waals surface area (Å²) in [5.41, 5.74) is 0.765. The zero-order valence-electron chi connectivity index (χ0n) is 19.0. The van der Waals surface area contributed by atoms with E-state index in [1.807, 2.05) is 42.5 Å². The van der Waals surface area contributed by atoms with E-state index in [1.54, 1.807) is 26.0 Å². The van der Waals surface area contributed by atoms with E-state index in [9.17, 15) is 14.4 Å². The fourth-order valence-electron chi connectivity index (χ4n) is 3.94. The molecular weight excluding hydrogens is 456 g/mol. The first kappa shape index (κ1) is 23.5. The molecule has 0 aliphatic carbocycles. The molecule has 1 unspecified atom stereocenters. The van der Waals surface area contributed by atoms with Gasteiger partial charge in [-0.1, -0.05) is 54.1 Å². The van der Waals surface area contributed by atoms with Crippen molar-refractivity contribution >= 4 is 29.4 Å². The minimum Gasteiger partial charge on any atom is -0.461 e. The average Bonchev–Trinajstić information content (AvgIpc) is 3.26. The minimum atomic E-state index is -1.25. The molecule has 9 heteroatoms. The Morgan fingerprint density at radius 3 is 2.50 bits per heavy atom. The maximum absolute atomic E-state index is 13.6. The van der Waals surface area contributed by atoms with Crippen LogP contribution in [-0.4, -0.2) is 44.6 Å². The van der Waals surface area contributed by atoms with Crippen LogP contribution in [0.5, 0.6) is 0 Å². The van der Waals surface area contributed by atoms with Gasteiger partial charge in [0.25, 0.3) is 5.91 Å². The Kier molecular flexibility index (Phi) is 6.70. The van der Waals surface area contributed by atoms with Gasteiger partial charge in [-0.25, -0.2) is 4.79 Å². The average molecular weight is 481 g/mol. The lowest BCUT2D eigenvalue weighted by atomic mass is 9.94. The van der Waals surface area contributed by atoms with Gasteiger partial charge in [-0.05, 0) is 37.1 Å². The first-order valence-electron chi connectivity index (χ1n) is 11.0. The Bertz CT molecular complexity index is 1210. The van der Waals surface area contributed by atoms with Crippen molar-refractivity contribution in [1.82, 2.24) is 20.0 Å². The third-order valence-electron chi connectivity index (χ3n) is 5.82. The molecule has 176 valence electrons. The number of nitrogens with one attached hydrogen (secondary N) is 1. The topological polar surface area (TPSA) is 93.5 Å². The highest BCUT2D eigenvalue weighted by Crippen LogP contribution is 2.30. The van der Waals surface area contributed by atoms with Crippen LogP contribution in [0.25, 0.3) is 0 Å². The van der Waals surface area contributed by atoms with Gasteiger partial charge in [0.15, 0.2) is 5.69 Å². The molecule has 1 aliphatic heterocycles. The van der Waals surface area contributed by atoms with E-state index in [0.29, 0.717) is 11.6 Å². The first-order chi connectivity index (χ1) is 16.3. The second-order valence-corrected chi connectivity index (χ2v) is 8.69. The summed E-state index contributed by atoms with van der Waals surface area (Å²) in [7, 11) is 0. The third-order valence-corrected chi connectivity index (χ3v) is 6.07. The summed E-state index contributed by atoms with van der Waals surface area (Å²) in [6.45, 7) is 4.18. The summed E-state index contributed by atoms with van der Waals surface area (Å²) in [5.74, 6) is -1.34. The molecule has 2 heterocycles. The zero-order chi connectivity index (χ0) is 24.3. The lowest BCUT2D eigenvalue weighted by molar-refractivity contribution is -0.133. The van der Waals surface area contributed by atoms with Crippen molar-refractivity contribution in [3.63, 3.8) is 0 Å². The molecule has 0 saturated heterocycles. The lowest BCUT2D eigenvalue weighted by Gasteiger charge is -2.43. The van der Waals surface area contributed by atoms with Gasteiger partial charge in [0, 0.05) is 24.2 Å². The highest BCUT2D eigenvalue weighted by atomic mass is 35.5. The second kappa shape index (κ2) is 9.69. The molecule has 0 saturated carbocycles. The Hall–Kier alpha value is -3.65. The maximum Gasteiger partial charge on any atom is 0.358 e. The van der Waals surface area contributed by atoms with Gasteiger partial charge < -0.3 is 15.0 Å². The molecule has 2 aromatic carbocycles. The number of esters is 1. The standard InChI is InChI=1S/C25H25ClN4O4/c1-3-34-23(32)20-13-21-22(31)29(15-18-9-11-19(26)12-10-18)25(2,16-30(21)28-20)24(33)27-14-17-7-5-4-6-8-17/h4-13H,3,14-16H2,1-2H3,(H,27,33). The molecular formula is C25H25ClN4O4. The van der Waals surface area contributed by atoms with Crippen molar-refractivity contribution in [2.75, 3.05) is 6.61 Å². The number of carbonyl (C=O) groups is 3. The normalized spacial score (nSPS) is 17.3. The Morgan fingerprint density at radius 1 is 1.12 bits per heavy atom. The van der Waals surface area contributed by atoms with E-state index >= 15 is 0 Å². The van der Waals surface area contributed by atoms with Crippen molar-refractivity contribution in [2.24, 2.45) is 0 Å². The molecule has 1 N–H and O–H groups in total. The number of ether oxygens (including phenoxy) is 1. The monoisotopic (exact) mass is 480 g/mol. The van der Waals surface area contributed by atoms with E-state index in [4.69, 9.17) is 16.3 Å². The summed E-state index contributed by atoms with van der Waals surface area (Å²) in [6, 6.07) is 18.0. The van der Waals surface area contributed by atoms with E-state index in [2.05, 4.69) is 10.4 Å². The molecule has 1 atom stereocenters. The molecule has 1 aliphatic rings. The molecule has 0 bridgehead atoms. The van der Waals surface area contributed by atoms with Gasteiger partial charge in [-0.2, -0.15) is 5.10 Å². The van der Waals surface area contributed by atoms with Crippen molar-refractivity contribution < 1.29 is 19.1 Å². The first-order valence-corrected chi connectivity index (χ1v) is 11.3. The summed E-state index contributed by atoms with van der Waals surface area (Å²) >= 11 is 6.01. The number of carbonyl (C=O) groups excluding carboxylic acids is 3.